The van der Waals surface area contributed by atoms with Crippen molar-refractivity contribution in [2.75, 3.05) is 0 Å². The van der Waals surface area contributed by atoms with Gasteiger partial charge in [0.1, 0.15) is 22.3 Å². The van der Waals surface area contributed by atoms with Crippen LogP contribution in [-0.2, 0) is 4.65 Å². The van der Waals surface area contributed by atoms with E-state index in [1.807, 2.05) is 38.1 Å². The molecule has 0 radical (unpaired) electrons. The first-order chi connectivity index (χ1) is 18.7. The van der Waals surface area contributed by atoms with Crippen LogP contribution in [0.3, 0.4) is 0 Å². The van der Waals surface area contributed by atoms with Gasteiger partial charge in [0.25, 0.3) is 0 Å². The lowest BCUT2D eigenvalue weighted by atomic mass is 9.80. The molecule has 0 aliphatic carbocycles. The van der Waals surface area contributed by atoms with E-state index in [1.165, 1.54) is 5.39 Å². The zero-order chi connectivity index (χ0) is 26.9. The zero-order valence-electron chi connectivity index (χ0n) is 22.5. The van der Waals surface area contributed by atoms with E-state index in [0.29, 0.717) is 7.48 Å². The number of fused-ring (bicyclic) bond motifs is 8. The van der Waals surface area contributed by atoms with Gasteiger partial charge in [-0.25, -0.2) is 0 Å². The topological polar surface area (TPSA) is 55.7 Å². The van der Waals surface area contributed by atoms with Crippen molar-refractivity contribution in [3.05, 3.63) is 91.0 Å². The largest absolute Gasteiger partial charge is 0.456 e. The van der Waals surface area contributed by atoms with Crippen LogP contribution in [0.2, 0.25) is 0 Å². The number of hydrogen-bond acceptors (Lipinski definition) is 4. The van der Waals surface area contributed by atoms with E-state index in [2.05, 4.69) is 66.7 Å². The van der Waals surface area contributed by atoms with Gasteiger partial charge >= 0.3 is 7.48 Å². The average Bonchev–Trinajstić information content (AvgIpc) is 3.49. The van der Waals surface area contributed by atoms with Gasteiger partial charge in [0.15, 0.2) is 0 Å². The molecule has 0 saturated heterocycles. The molecule has 7 rings (SSSR count). The molecule has 192 valence electrons. The maximum absolute atomic E-state index is 10.6. The molecule has 5 aromatic carbocycles. The summed E-state index contributed by atoms with van der Waals surface area (Å²) in [5, 5.41) is 17.2. The number of rotatable bonds is 5. The summed E-state index contributed by atoms with van der Waals surface area (Å²) in [4.78, 5) is 0. The second-order valence-electron chi connectivity index (χ2n) is 11.4. The van der Waals surface area contributed by atoms with Gasteiger partial charge in [-0.3, -0.25) is 0 Å². The standard InChI is InChI=1S/C34H29BO4/c1-33(2,36)34(3,4)39-35-26-12-8-14-29-31(26)25-19-21(16-18-27(25)37-29)22-11-7-13-28-30(22)24-17-15-20-9-5-6-10-23(20)32(24)38-28/h5-19,35-36H,1-4H3. The van der Waals surface area contributed by atoms with E-state index in [1.54, 1.807) is 13.8 Å². The molecular weight excluding hydrogens is 483 g/mol. The van der Waals surface area contributed by atoms with Crippen LogP contribution in [-0.4, -0.2) is 23.8 Å². The third kappa shape index (κ3) is 3.76. The Morgan fingerprint density at radius 1 is 0.667 bits per heavy atom. The fraction of sp³-hybridized carbons (Fsp3) is 0.176. The van der Waals surface area contributed by atoms with Crippen molar-refractivity contribution < 1.29 is 18.6 Å². The maximum atomic E-state index is 10.6. The average molecular weight is 512 g/mol. The van der Waals surface area contributed by atoms with Crippen LogP contribution in [0, 0.1) is 0 Å². The molecule has 2 heterocycles. The van der Waals surface area contributed by atoms with Crippen molar-refractivity contribution in [2.45, 2.75) is 38.9 Å². The smallest absolute Gasteiger partial charge is 0.310 e. The van der Waals surface area contributed by atoms with Crippen molar-refractivity contribution in [3.63, 3.8) is 0 Å². The Morgan fingerprint density at radius 2 is 1.44 bits per heavy atom. The molecule has 0 fully saturated rings. The molecule has 0 aliphatic rings. The summed E-state index contributed by atoms with van der Waals surface area (Å²) in [7, 11) is 0.363. The van der Waals surface area contributed by atoms with Gasteiger partial charge in [-0.1, -0.05) is 60.7 Å². The first-order valence-electron chi connectivity index (χ1n) is 13.4. The molecule has 39 heavy (non-hydrogen) atoms. The molecule has 4 nitrogen and oxygen atoms in total. The van der Waals surface area contributed by atoms with Crippen molar-refractivity contribution in [2.24, 2.45) is 0 Å². The molecule has 5 heteroatoms. The third-order valence-corrected chi connectivity index (χ3v) is 8.34. The first kappa shape index (κ1) is 24.0. The van der Waals surface area contributed by atoms with Crippen LogP contribution in [0.1, 0.15) is 27.7 Å². The molecular formula is C34H29BO4. The number of furan rings is 2. The number of aliphatic hydroxyl groups is 1. The van der Waals surface area contributed by atoms with Crippen LogP contribution >= 0.6 is 0 Å². The summed E-state index contributed by atoms with van der Waals surface area (Å²) in [5.41, 5.74) is 4.98. The Morgan fingerprint density at radius 3 is 2.26 bits per heavy atom. The van der Waals surface area contributed by atoms with E-state index in [9.17, 15) is 5.11 Å². The van der Waals surface area contributed by atoms with Crippen LogP contribution in [0.4, 0.5) is 0 Å². The van der Waals surface area contributed by atoms with Crippen LogP contribution in [0.15, 0.2) is 99.8 Å². The predicted molar refractivity (Wildman–Crippen MR) is 162 cm³/mol. The molecule has 0 spiro atoms. The lowest BCUT2D eigenvalue weighted by Gasteiger charge is -2.37. The second-order valence-corrected chi connectivity index (χ2v) is 11.4. The lowest BCUT2D eigenvalue weighted by Crippen LogP contribution is -2.49. The molecule has 0 atom stereocenters. The minimum Gasteiger partial charge on any atom is -0.456 e. The van der Waals surface area contributed by atoms with Gasteiger partial charge in [0.05, 0.1) is 11.2 Å². The number of hydrogen-bond donors (Lipinski definition) is 1. The highest BCUT2D eigenvalue weighted by molar-refractivity contribution is 6.52. The summed E-state index contributed by atoms with van der Waals surface area (Å²) in [6.45, 7) is 7.38. The molecule has 0 amide bonds. The normalized spacial score (nSPS) is 12.8. The molecule has 0 aliphatic heterocycles. The fourth-order valence-corrected chi connectivity index (χ4v) is 5.42. The fourth-order valence-electron chi connectivity index (χ4n) is 5.42. The minimum absolute atomic E-state index is 0.363. The predicted octanol–water partition coefficient (Wildman–Crippen LogP) is 7.85. The highest BCUT2D eigenvalue weighted by Gasteiger charge is 2.36. The van der Waals surface area contributed by atoms with Crippen LogP contribution in [0.25, 0.3) is 65.8 Å². The summed E-state index contributed by atoms with van der Waals surface area (Å²) in [6.07, 6.45) is 0. The quantitative estimate of drug-likeness (QED) is 0.239. The minimum atomic E-state index is -0.982. The second kappa shape index (κ2) is 8.47. The van der Waals surface area contributed by atoms with Crippen LogP contribution < -0.4 is 5.46 Å². The van der Waals surface area contributed by atoms with Crippen molar-refractivity contribution >= 4 is 67.6 Å². The van der Waals surface area contributed by atoms with E-state index >= 15 is 0 Å². The van der Waals surface area contributed by atoms with Crippen molar-refractivity contribution in [3.8, 4) is 11.1 Å². The molecule has 0 bridgehead atoms. The Hall–Kier alpha value is -4.06. The van der Waals surface area contributed by atoms with Gasteiger partial charge < -0.3 is 18.6 Å². The van der Waals surface area contributed by atoms with E-state index in [4.69, 9.17) is 13.5 Å². The third-order valence-electron chi connectivity index (χ3n) is 8.34. The summed E-state index contributed by atoms with van der Waals surface area (Å²) in [6, 6.07) is 31.4. The molecule has 7 aromatic rings. The summed E-state index contributed by atoms with van der Waals surface area (Å²) >= 11 is 0. The Kier molecular flexibility index (Phi) is 5.22. The first-order valence-corrected chi connectivity index (χ1v) is 13.4. The highest BCUT2D eigenvalue weighted by atomic mass is 16.5. The monoisotopic (exact) mass is 512 g/mol. The zero-order valence-corrected chi connectivity index (χ0v) is 22.5. The van der Waals surface area contributed by atoms with Crippen molar-refractivity contribution in [1.29, 1.82) is 0 Å². The highest BCUT2D eigenvalue weighted by Crippen LogP contribution is 2.41. The molecule has 0 saturated carbocycles. The Labute approximate surface area is 227 Å². The van der Waals surface area contributed by atoms with Crippen LogP contribution in [0.5, 0.6) is 0 Å². The maximum Gasteiger partial charge on any atom is 0.310 e. The van der Waals surface area contributed by atoms with Gasteiger partial charge in [-0.2, -0.15) is 0 Å². The molecule has 0 unspecified atom stereocenters. The molecule has 1 N–H and O–H groups in total. The summed E-state index contributed by atoms with van der Waals surface area (Å²) < 4.78 is 18.9. The van der Waals surface area contributed by atoms with Crippen molar-refractivity contribution in [1.82, 2.24) is 0 Å². The number of benzene rings is 5. The Balaban J connectivity index is 1.41. The van der Waals surface area contributed by atoms with Gasteiger partial charge in [-0.05, 0) is 80.0 Å². The SMILES string of the molecule is CC(C)(O)C(C)(C)OBc1cccc2oc3ccc(-c4cccc5oc6c7ccccc7ccc6c45)cc3c12. The van der Waals surface area contributed by atoms with Gasteiger partial charge in [0, 0.05) is 26.9 Å². The van der Waals surface area contributed by atoms with E-state index < -0.39 is 11.2 Å². The van der Waals surface area contributed by atoms with E-state index in [-0.39, 0.29) is 0 Å². The Bertz CT molecular complexity index is 2040. The lowest BCUT2D eigenvalue weighted by molar-refractivity contribution is -0.0893. The van der Waals surface area contributed by atoms with Gasteiger partial charge in [-0.15, -0.1) is 0 Å². The van der Waals surface area contributed by atoms with E-state index in [0.717, 1.165) is 65.9 Å². The molecule has 2 aromatic heterocycles. The summed E-state index contributed by atoms with van der Waals surface area (Å²) in [5.74, 6) is 0. The van der Waals surface area contributed by atoms with Gasteiger partial charge in [0.2, 0.25) is 0 Å².